The van der Waals surface area contributed by atoms with Crippen molar-refractivity contribution in [1.82, 2.24) is 9.62 Å². The van der Waals surface area contributed by atoms with Gasteiger partial charge in [0.1, 0.15) is 5.82 Å². The zero-order valence-electron chi connectivity index (χ0n) is 15.6. The molecular formula is C20H25FN2O3S. The average Bonchev–Trinajstić information content (AvgIpc) is 2.66. The highest BCUT2D eigenvalue weighted by Crippen LogP contribution is 2.17. The van der Waals surface area contributed by atoms with Crippen LogP contribution in [0.25, 0.3) is 0 Å². The van der Waals surface area contributed by atoms with Crippen LogP contribution in [0.2, 0.25) is 0 Å². The minimum atomic E-state index is -3.74. The summed E-state index contributed by atoms with van der Waals surface area (Å²) in [5, 5.41) is 2.67. The molecule has 7 heteroatoms. The SMILES string of the molecule is CCCc1ccc(S(=O)(=O)N(CC)CC(=O)NCc2ccc(F)cc2)cc1. The fourth-order valence-electron chi connectivity index (χ4n) is 2.65. The van der Waals surface area contributed by atoms with Gasteiger partial charge in [-0.3, -0.25) is 4.79 Å². The normalized spacial score (nSPS) is 11.6. The number of rotatable bonds is 9. The number of nitrogens with one attached hydrogen (secondary N) is 1. The maximum atomic E-state index is 12.9. The number of sulfonamides is 1. The van der Waals surface area contributed by atoms with Crippen LogP contribution < -0.4 is 5.32 Å². The van der Waals surface area contributed by atoms with Crippen LogP contribution in [0.15, 0.2) is 53.4 Å². The Bertz CT molecular complexity index is 850. The Kier molecular flexibility index (Phi) is 7.50. The van der Waals surface area contributed by atoms with E-state index in [1.165, 1.54) is 12.1 Å². The first-order chi connectivity index (χ1) is 12.9. The lowest BCUT2D eigenvalue weighted by Gasteiger charge is -2.20. The van der Waals surface area contributed by atoms with Crippen LogP contribution in [0.4, 0.5) is 4.39 Å². The monoisotopic (exact) mass is 392 g/mol. The number of aryl methyl sites for hydroxylation is 1. The van der Waals surface area contributed by atoms with Gasteiger partial charge in [0.2, 0.25) is 15.9 Å². The molecule has 0 radical (unpaired) electrons. The van der Waals surface area contributed by atoms with Gasteiger partial charge in [0.25, 0.3) is 0 Å². The van der Waals surface area contributed by atoms with Gasteiger partial charge in [0.15, 0.2) is 0 Å². The molecule has 2 rings (SSSR count). The Morgan fingerprint density at radius 1 is 1.00 bits per heavy atom. The molecule has 2 aromatic carbocycles. The molecule has 27 heavy (non-hydrogen) atoms. The van der Waals surface area contributed by atoms with Crippen LogP contribution >= 0.6 is 0 Å². The third kappa shape index (κ3) is 5.87. The van der Waals surface area contributed by atoms with E-state index >= 15 is 0 Å². The fourth-order valence-corrected chi connectivity index (χ4v) is 4.06. The molecule has 0 bridgehead atoms. The summed E-state index contributed by atoms with van der Waals surface area (Å²) in [6, 6.07) is 12.5. The van der Waals surface area contributed by atoms with Crippen LogP contribution in [0.5, 0.6) is 0 Å². The van der Waals surface area contributed by atoms with Crippen LogP contribution in [0.3, 0.4) is 0 Å². The highest BCUT2D eigenvalue weighted by Gasteiger charge is 2.25. The van der Waals surface area contributed by atoms with E-state index in [2.05, 4.69) is 12.2 Å². The molecule has 5 nitrogen and oxygen atoms in total. The molecule has 0 aliphatic rings. The Hall–Kier alpha value is -2.25. The quantitative estimate of drug-likeness (QED) is 0.713. The summed E-state index contributed by atoms with van der Waals surface area (Å²) in [5.74, 6) is -0.759. The predicted molar refractivity (Wildman–Crippen MR) is 103 cm³/mol. The second-order valence-electron chi connectivity index (χ2n) is 6.23. The smallest absolute Gasteiger partial charge is 0.243 e. The van der Waals surface area contributed by atoms with E-state index in [1.54, 1.807) is 43.3 Å². The number of benzene rings is 2. The first kappa shape index (κ1) is 21.1. The van der Waals surface area contributed by atoms with E-state index in [0.717, 1.165) is 28.3 Å². The molecule has 0 saturated heterocycles. The summed E-state index contributed by atoms with van der Waals surface area (Å²) in [6.07, 6.45) is 1.88. The van der Waals surface area contributed by atoms with Gasteiger partial charge in [-0.2, -0.15) is 4.31 Å². The zero-order chi connectivity index (χ0) is 19.9. The minimum Gasteiger partial charge on any atom is -0.351 e. The van der Waals surface area contributed by atoms with Gasteiger partial charge in [-0.15, -0.1) is 0 Å². The largest absolute Gasteiger partial charge is 0.351 e. The van der Waals surface area contributed by atoms with Crippen molar-refractivity contribution >= 4 is 15.9 Å². The molecule has 146 valence electrons. The molecule has 0 unspecified atom stereocenters. The van der Waals surface area contributed by atoms with Crippen LogP contribution in [0.1, 0.15) is 31.4 Å². The molecule has 2 aromatic rings. The lowest BCUT2D eigenvalue weighted by molar-refractivity contribution is -0.121. The van der Waals surface area contributed by atoms with E-state index in [-0.39, 0.29) is 30.3 Å². The third-order valence-electron chi connectivity index (χ3n) is 4.18. The van der Waals surface area contributed by atoms with Crippen molar-refractivity contribution in [3.63, 3.8) is 0 Å². The van der Waals surface area contributed by atoms with Crippen molar-refractivity contribution < 1.29 is 17.6 Å². The Labute approximate surface area is 160 Å². The third-order valence-corrected chi connectivity index (χ3v) is 6.11. The standard InChI is InChI=1S/C20H25FN2O3S/c1-3-5-16-8-12-19(13-9-16)27(25,26)23(4-2)15-20(24)22-14-17-6-10-18(21)11-7-17/h6-13H,3-5,14-15H2,1-2H3,(H,22,24). The molecule has 0 aliphatic heterocycles. The number of carbonyl (C=O) groups excluding carboxylic acids is 1. The van der Waals surface area contributed by atoms with Crippen molar-refractivity contribution in [1.29, 1.82) is 0 Å². The molecular weight excluding hydrogens is 367 g/mol. The van der Waals surface area contributed by atoms with Gasteiger partial charge in [-0.25, -0.2) is 12.8 Å². The van der Waals surface area contributed by atoms with Crippen molar-refractivity contribution in [3.05, 3.63) is 65.5 Å². The second kappa shape index (κ2) is 9.62. The Morgan fingerprint density at radius 3 is 2.15 bits per heavy atom. The first-order valence-electron chi connectivity index (χ1n) is 8.97. The van der Waals surface area contributed by atoms with Gasteiger partial charge in [-0.1, -0.05) is 44.5 Å². The van der Waals surface area contributed by atoms with E-state index < -0.39 is 15.9 Å². The van der Waals surface area contributed by atoms with Crippen molar-refractivity contribution in [2.75, 3.05) is 13.1 Å². The topological polar surface area (TPSA) is 66.5 Å². The van der Waals surface area contributed by atoms with E-state index in [4.69, 9.17) is 0 Å². The first-order valence-corrected chi connectivity index (χ1v) is 10.4. The molecule has 0 heterocycles. The average molecular weight is 392 g/mol. The van der Waals surface area contributed by atoms with Gasteiger partial charge in [0, 0.05) is 13.1 Å². The second-order valence-corrected chi connectivity index (χ2v) is 8.17. The van der Waals surface area contributed by atoms with Gasteiger partial charge >= 0.3 is 0 Å². The summed E-state index contributed by atoms with van der Waals surface area (Å²) < 4.78 is 39.6. The minimum absolute atomic E-state index is 0.176. The Balaban J connectivity index is 2.01. The van der Waals surface area contributed by atoms with Crippen LogP contribution in [0, 0.1) is 5.82 Å². The van der Waals surface area contributed by atoms with Crippen molar-refractivity contribution in [3.8, 4) is 0 Å². The number of nitrogens with zero attached hydrogens (tertiary/aromatic N) is 1. The molecule has 0 aliphatic carbocycles. The van der Waals surface area contributed by atoms with Gasteiger partial charge < -0.3 is 5.32 Å². The fraction of sp³-hybridized carbons (Fsp3) is 0.350. The van der Waals surface area contributed by atoms with Crippen LogP contribution in [-0.2, 0) is 27.8 Å². The van der Waals surface area contributed by atoms with Crippen molar-refractivity contribution in [2.24, 2.45) is 0 Å². The number of likely N-dealkylation sites (N-methyl/N-ethyl adjacent to an activating group) is 1. The Morgan fingerprint density at radius 2 is 1.59 bits per heavy atom. The summed E-state index contributed by atoms with van der Waals surface area (Å²) in [7, 11) is -3.74. The highest BCUT2D eigenvalue weighted by molar-refractivity contribution is 7.89. The molecule has 0 saturated carbocycles. The predicted octanol–water partition coefficient (Wildman–Crippen LogP) is 3.11. The molecule has 1 amide bonds. The number of halogens is 1. The highest BCUT2D eigenvalue weighted by atomic mass is 32.2. The van der Waals surface area contributed by atoms with E-state index in [9.17, 15) is 17.6 Å². The van der Waals surface area contributed by atoms with Gasteiger partial charge in [-0.05, 0) is 41.8 Å². The molecule has 1 N–H and O–H groups in total. The molecule has 0 spiro atoms. The van der Waals surface area contributed by atoms with Crippen molar-refractivity contribution in [2.45, 2.75) is 38.1 Å². The maximum Gasteiger partial charge on any atom is 0.243 e. The summed E-state index contributed by atoms with van der Waals surface area (Å²) >= 11 is 0. The number of hydrogen-bond donors (Lipinski definition) is 1. The maximum absolute atomic E-state index is 12.9. The van der Waals surface area contributed by atoms with Crippen LogP contribution in [-0.4, -0.2) is 31.7 Å². The molecule has 0 fully saturated rings. The van der Waals surface area contributed by atoms with Gasteiger partial charge in [0.05, 0.1) is 11.4 Å². The summed E-state index contributed by atoms with van der Waals surface area (Å²) in [4.78, 5) is 12.4. The summed E-state index contributed by atoms with van der Waals surface area (Å²) in [5.41, 5.74) is 1.82. The zero-order valence-corrected chi connectivity index (χ0v) is 16.4. The van der Waals surface area contributed by atoms with E-state index in [0.29, 0.717) is 0 Å². The summed E-state index contributed by atoms with van der Waals surface area (Å²) in [6.45, 7) is 3.88. The molecule has 0 atom stereocenters. The lowest BCUT2D eigenvalue weighted by atomic mass is 10.1. The van der Waals surface area contributed by atoms with E-state index in [1.807, 2.05) is 0 Å². The number of amides is 1. The number of carbonyl (C=O) groups is 1. The number of hydrogen-bond acceptors (Lipinski definition) is 3. The molecule has 0 aromatic heterocycles. The lowest BCUT2D eigenvalue weighted by Crippen LogP contribution is -2.40.